The first-order chi connectivity index (χ1) is 9.91. The molecule has 1 N–H and O–H groups in total. The highest BCUT2D eigenvalue weighted by Gasteiger charge is 2.34. The van der Waals surface area contributed by atoms with Crippen molar-refractivity contribution in [1.29, 1.82) is 0 Å². The van der Waals surface area contributed by atoms with E-state index in [2.05, 4.69) is 49.9 Å². The van der Waals surface area contributed by atoms with Crippen molar-refractivity contribution in [2.45, 2.75) is 77.9 Å². The van der Waals surface area contributed by atoms with E-state index in [1.807, 2.05) is 0 Å². The van der Waals surface area contributed by atoms with E-state index >= 15 is 0 Å². The highest BCUT2D eigenvalue weighted by molar-refractivity contribution is 4.91. The normalized spacial score (nSPS) is 29.6. The van der Waals surface area contributed by atoms with Gasteiger partial charge in [-0.15, -0.1) is 0 Å². The fourth-order valence-electron chi connectivity index (χ4n) is 4.05. The van der Waals surface area contributed by atoms with Crippen molar-refractivity contribution in [2.75, 3.05) is 33.2 Å². The molecule has 3 nitrogen and oxygen atoms in total. The van der Waals surface area contributed by atoms with Gasteiger partial charge in [0.25, 0.3) is 0 Å². The van der Waals surface area contributed by atoms with E-state index in [0.717, 1.165) is 18.6 Å². The molecule has 2 aliphatic heterocycles. The lowest BCUT2D eigenvalue weighted by Gasteiger charge is -2.34. The fraction of sp³-hybridized carbons (Fsp3) is 1.00. The number of likely N-dealkylation sites (tertiary alicyclic amines) is 1. The lowest BCUT2D eigenvalue weighted by atomic mass is 9.84. The second-order valence-corrected chi connectivity index (χ2v) is 8.30. The summed E-state index contributed by atoms with van der Waals surface area (Å²) < 4.78 is 0. The third kappa shape index (κ3) is 4.67. The molecule has 2 bridgehead atoms. The van der Waals surface area contributed by atoms with Crippen LogP contribution in [0.3, 0.4) is 0 Å². The molecule has 2 heterocycles. The quantitative estimate of drug-likeness (QED) is 0.813. The highest BCUT2D eigenvalue weighted by Crippen LogP contribution is 2.29. The van der Waals surface area contributed by atoms with Crippen LogP contribution in [0.4, 0.5) is 0 Å². The Bertz CT molecular complexity index is 310. The fourth-order valence-corrected chi connectivity index (χ4v) is 4.05. The zero-order chi connectivity index (χ0) is 15.5. The van der Waals surface area contributed by atoms with Gasteiger partial charge in [0.15, 0.2) is 0 Å². The third-order valence-corrected chi connectivity index (χ3v) is 5.65. The summed E-state index contributed by atoms with van der Waals surface area (Å²) in [4.78, 5) is 5.38. The maximum absolute atomic E-state index is 3.77. The topological polar surface area (TPSA) is 18.5 Å². The molecule has 3 heteroatoms. The van der Waals surface area contributed by atoms with Gasteiger partial charge in [-0.1, -0.05) is 27.7 Å². The monoisotopic (exact) mass is 295 g/mol. The minimum atomic E-state index is 0.358. The van der Waals surface area contributed by atoms with Crippen LogP contribution >= 0.6 is 0 Å². The SMILES string of the molecule is CCCNC(CCN1CCC2CCC(C1)N2C)C(C)(C)C. The number of hydrogen-bond acceptors (Lipinski definition) is 3. The smallest absolute Gasteiger partial charge is 0.0223 e. The minimum Gasteiger partial charge on any atom is -0.313 e. The third-order valence-electron chi connectivity index (χ3n) is 5.65. The molecule has 0 aromatic rings. The number of rotatable bonds is 6. The molecule has 0 aromatic carbocycles. The van der Waals surface area contributed by atoms with Gasteiger partial charge >= 0.3 is 0 Å². The summed E-state index contributed by atoms with van der Waals surface area (Å²) in [6, 6.07) is 2.31. The van der Waals surface area contributed by atoms with Gasteiger partial charge in [-0.05, 0) is 64.2 Å². The van der Waals surface area contributed by atoms with Crippen molar-refractivity contribution in [3.05, 3.63) is 0 Å². The van der Waals surface area contributed by atoms with E-state index in [1.165, 1.54) is 51.7 Å². The maximum atomic E-state index is 3.77. The van der Waals surface area contributed by atoms with E-state index in [9.17, 15) is 0 Å². The Labute approximate surface area is 132 Å². The van der Waals surface area contributed by atoms with Crippen molar-refractivity contribution in [3.63, 3.8) is 0 Å². The molecule has 3 unspecified atom stereocenters. The van der Waals surface area contributed by atoms with E-state index in [0.29, 0.717) is 11.5 Å². The van der Waals surface area contributed by atoms with Crippen LogP contribution in [0.25, 0.3) is 0 Å². The number of nitrogens with zero attached hydrogens (tertiary/aromatic N) is 2. The Hall–Kier alpha value is -0.120. The Morgan fingerprint density at radius 3 is 2.52 bits per heavy atom. The number of likely N-dealkylation sites (N-methyl/N-ethyl adjacent to an activating group) is 1. The van der Waals surface area contributed by atoms with E-state index in [4.69, 9.17) is 0 Å². The summed E-state index contributed by atoms with van der Waals surface area (Å²) in [5.41, 5.74) is 0.358. The molecule has 2 saturated heterocycles. The summed E-state index contributed by atoms with van der Waals surface area (Å²) in [6.45, 7) is 14.4. The maximum Gasteiger partial charge on any atom is 0.0223 e. The molecule has 0 aliphatic carbocycles. The molecular weight excluding hydrogens is 258 g/mol. The zero-order valence-electron chi connectivity index (χ0n) is 15.0. The Balaban J connectivity index is 1.83. The van der Waals surface area contributed by atoms with Crippen molar-refractivity contribution >= 4 is 0 Å². The highest BCUT2D eigenvalue weighted by atomic mass is 15.3. The standard InChI is InChI=1S/C18H37N3/c1-6-11-19-17(18(2,3)4)10-13-21-12-9-15-7-8-16(14-21)20(15)5/h15-17,19H,6-14H2,1-5H3. The molecule has 0 amide bonds. The molecule has 0 saturated carbocycles. The first-order valence-electron chi connectivity index (χ1n) is 9.09. The Kier molecular flexibility index (Phi) is 6.10. The van der Waals surface area contributed by atoms with Gasteiger partial charge in [0, 0.05) is 24.7 Å². The first kappa shape index (κ1) is 17.2. The van der Waals surface area contributed by atoms with Gasteiger partial charge in [-0.25, -0.2) is 0 Å². The second-order valence-electron chi connectivity index (χ2n) is 8.30. The molecule has 3 atom stereocenters. The molecule has 2 rings (SSSR count). The lowest BCUT2D eigenvalue weighted by molar-refractivity contribution is 0.187. The van der Waals surface area contributed by atoms with Gasteiger partial charge in [-0.3, -0.25) is 4.90 Å². The number of nitrogens with one attached hydrogen (secondary N) is 1. The summed E-state index contributed by atoms with van der Waals surface area (Å²) in [5.74, 6) is 0. The minimum absolute atomic E-state index is 0.358. The lowest BCUT2D eigenvalue weighted by Crippen LogP contribution is -2.44. The summed E-state index contributed by atoms with van der Waals surface area (Å²) in [7, 11) is 2.34. The predicted molar refractivity (Wildman–Crippen MR) is 91.8 cm³/mol. The Morgan fingerprint density at radius 1 is 1.14 bits per heavy atom. The number of fused-ring (bicyclic) bond motifs is 2. The van der Waals surface area contributed by atoms with Crippen LogP contribution in [-0.2, 0) is 0 Å². The van der Waals surface area contributed by atoms with E-state index in [-0.39, 0.29) is 0 Å². The van der Waals surface area contributed by atoms with Crippen molar-refractivity contribution in [1.82, 2.24) is 15.1 Å². The summed E-state index contributed by atoms with van der Waals surface area (Å²) in [6.07, 6.45) is 6.72. The van der Waals surface area contributed by atoms with E-state index in [1.54, 1.807) is 0 Å². The summed E-state index contributed by atoms with van der Waals surface area (Å²) in [5, 5.41) is 3.77. The van der Waals surface area contributed by atoms with Crippen LogP contribution in [0.5, 0.6) is 0 Å². The second kappa shape index (κ2) is 7.43. The molecule has 2 aliphatic rings. The molecule has 2 fully saturated rings. The molecule has 0 aromatic heterocycles. The Morgan fingerprint density at radius 2 is 1.86 bits per heavy atom. The van der Waals surface area contributed by atoms with Gasteiger partial charge < -0.3 is 10.2 Å². The van der Waals surface area contributed by atoms with Crippen molar-refractivity contribution in [2.24, 2.45) is 5.41 Å². The van der Waals surface area contributed by atoms with Crippen LogP contribution in [0, 0.1) is 5.41 Å². The predicted octanol–water partition coefficient (Wildman–Crippen LogP) is 2.96. The van der Waals surface area contributed by atoms with Crippen LogP contribution < -0.4 is 5.32 Å². The van der Waals surface area contributed by atoms with Crippen molar-refractivity contribution < 1.29 is 0 Å². The van der Waals surface area contributed by atoms with Gasteiger partial charge in [0.1, 0.15) is 0 Å². The molecule has 0 spiro atoms. The molecule has 124 valence electrons. The van der Waals surface area contributed by atoms with Crippen LogP contribution in [0.1, 0.15) is 59.8 Å². The van der Waals surface area contributed by atoms with E-state index < -0.39 is 0 Å². The summed E-state index contributed by atoms with van der Waals surface area (Å²) >= 11 is 0. The number of hydrogen-bond donors (Lipinski definition) is 1. The van der Waals surface area contributed by atoms with Crippen LogP contribution in [0.2, 0.25) is 0 Å². The average Bonchev–Trinajstić information content (AvgIpc) is 2.64. The van der Waals surface area contributed by atoms with Crippen LogP contribution in [-0.4, -0.2) is 61.2 Å². The van der Waals surface area contributed by atoms with Gasteiger partial charge in [0.2, 0.25) is 0 Å². The van der Waals surface area contributed by atoms with Gasteiger partial charge in [-0.2, -0.15) is 0 Å². The average molecular weight is 296 g/mol. The molecular formula is C18H37N3. The molecule has 21 heavy (non-hydrogen) atoms. The van der Waals surface area contributed by atoms with Crippen LogP contribution in [0.15, 0.2) is 0 Å². The van der Waals surface area contributed by atoms with Gasteiger partial charge in [0.05, 0.1) is 0 Å². The van der Waals surface area contributed by atoms with Crippen molar-refractivity contribution in [3.8, 4) is 0 Å². The molecule has 0 radical (unpaired) electrons. The first-order valence-corrected chi connectivity index (χ1v) is 9.09. The zero-order valence-corrected chi connectivity index (χ0v) is 15.0. The largest absolute Gasteiger partial charge is 0.313 e.